The molecule has 5 nitrogen and oxygen atoms in total. The maximum atomic E-state index is 12.8. The van der Waals surface area contributed by atoms with E-state index in [0.717, 1.165) is 43.9 Å². The molecule has 1 N–H and O–H groups in total. The Labute approximate surface area is 164 Å². The lowest BCUT2D eigenvalue weighted by Gasteiger charge is -2.31. The number of rotatable bonds is 3. The first-order chi connectivity index (χ1) is 13.8. The van der Waals surface area contributed by atoms with Crippen molar-refractivity contribution in [1.29, 1.82) is 0 Å². The molecular formula is C23H22N4O. The molecule has 1 fully saturated rings. The highest BCUT2D eigenvalue weighted by molar-refractivity contribution is 5.94. The van der Waals surface area contributed by atoms with E-state index in [0.29, 0.717) is 0 Å². The summed E-state index contributed by atoms with van der Waals surface area (Å²) in [5.74, 6) is 1.04. The SMILES string of the molecule is O=C(Nc1ccc2c(c1)-c1ccccc1C2)C1CCN(c2cnccn2)CC1. The van der Waals surface area contributed by atoms with E-state index in [2.05, 4.69) is 56.6 Å². The molecule has 0 atom stereocenters. The second-order valence-corrected chi connectivity index (χ2v) is 7.52. The van der Waals surface area contributed by atoms with Gasteiger partial charge in [-0.1, -0.05) is 30.3 Å². The standard InChI is InChI=1S/C23H22N4O/c28-23(16-7-11-27(12-8-16)22-15-24-9-10-25-22)26-19-6-5-18-13-17-3-1-2-4-20(17)21(18)14-19/h1-6,9-10,14-16H,7-8,11-13H2,(H,26,28). The minimum atomic E-state index is 0.0356. The van der Waals surface area contributed by atoms with Crippen LogP contribution in [-0.4, -0.2) is 29.0 Å². The average molecular weight is 370 g/mol. The van der Waals surface area contributed by atoms with E-state index in [1.165, 1.54) is 22.3 Å². The summed E-state index contributed by atoms with van der Waals surface area (Å²) in [5.41, 5.74) is 6.10. The van der Waals surface area contributed by atoms with Crippen molar-refractivity contribution in [1.82, 2.24) is 9.97 Å². The number of hydrogen-bond acceptors (Lipinski definition) is 4. The van der Waals surface area contributed by atoms with Crippen LogP contribution in [0.3, 0.4) is 0 Å². The number of anilines is 2. The summed E-state index contributed by atoms with van der Waals surface area (Å²) in [6.45, 7) is 1.66. The van der Waals surface area contributed by atoms with Crippen molar-refractivity contribution in [2.24, 2.45) is 5.92 Å². The number of aromatic nitrogens is 2. The summed E-state index contributed by atoms with van der Waals surface area (Å²) >= 11 is 0. The van der Waals surface area contributed by atoms with E-state index < -0.39 is 0 Å². The predicted molar refractivity (Wildman–Crippen MR) is 110 cm³/mol. The van der Waals surface area contributed by atoms with Gasteiger partial charge in [-0.15, -0.1) is 0 Å². The number of benzene rings is 2. The summed E-state index contributed by atoms with van der Waals surface area (Å²) in [4.78, 5) is 23.5. The van der Waals surface area contributed by atoms with Gasteiger partial charge in [-0.3, -0.25) is 9.78 Å². The Morgan fingerprint density at radius 1 is 1.00 bits per heavy atom. The van der Waals surface area contributed by atoms with E-state index in [-0.39, 0.29) is 11.8 Å². The van der Waals surface area contributed by atoms with E-state index in [4.69, 9.17) is 0 Å². The van der Waals surface area contributed by atoms with Gasteiger partial charge in [-0.25, -0.2) is 4.98 Å². The Morgan fingerprint density at radius 3 is 2.64 bits per heavy atom. The van der Waals surface area contributed by atoms with Crippen LogP contribution in [0, 0.1) is 5.92 Å². The molecule has 0 unspecified atom stereocenters. The quantitative estimate of drug-likeness (QED) is 0.594. The Morgan fingerprint density at radius 2 is 1.82 bits per heavy atom. The number of hydrogen-bond donors (Lipinski definition) is 1. The Hall–Kier alpha value is -3.21. The maximum Gasteiger partial charge on any atom is 0.227 e. The van der Waals surface area contributed by atoms with E-state index in [1.54, 1.807) is 18.6 Å². The van der Waals surface area contributed by atoms with Gasteiger partial charge >= 0.3 is 0 Å². The number of piperidine rings is 1. The number of carbonyl (C=O) groups excluding carboxylic acids is 1. The first kappa shape index (κ1) is 16.9. The van der Waals surface area contributed by atoms with Crippen molar-refractivity contribution in [3.8, 4) is 11.1 Å². The summed E-state index contributed by atoms with van der Waals surface area (Å²) in [6, 6.07) is 14.8. The third kappa shape index (κ3) is 3.13. The van der Waals surface area contributed by atoms with Gasteiger partial charge in [0.25, 0.3) is 0 Å². The minimum absolute atomic E-state index is 0.0356. The van der Waals surface area contributed by atoms with Crippen LogP contribution in [0.25, 0.3) is 11.1 Å². The zero-order valence-corrected chi connectivity index (χ0v) is 15.6. The summed E-state index contributed by atoms with van der Waals surface area (Å²) in [5, 5.41) is 3.14. The van der Waals surface area contributed by atoms with Gasteiger partial charge in [0.2, 0.25) is 5.91 Å². The molecule has 1 aliphatic carbocycles. The van der Waals surface area contributed by atoms with Gasteiger partial charge in [0.05, 0.1) is 6.20 Å². The molecule has 1 amide bonds. The van der Waals surface area contributed by atoms with Crippen LogP contribution in [-0.2, 0) is 11.2 Å². The minimum Gasteiger partial charge on any atom is -0.355 e. The number of nitrogens with zero attached hydrogens (tertiary/aromatic N) is 3. The summed E-state index contributed by atoms with van der Waals surface area (Å²) < 4.78 is 0. The van der Waals surface area contributed by atoms with Crippen LogP contribution < -0.4 is 10.2 Å². The fourth-order valence-corrected chi connectivity index (χ4v) is 4.27. The van der Waals surface area contributed by atoms with Gasteiger partial charge in [-0.05, 0) is 53.6 Å². The Kier molecular flexibility index (Phi) is 4.28. The van der Waals surface area contributed by atoms with Crippen molar-refractivity contribution < 1.29 is 4.79 Å². The van der Waals surface area contributed by atoms with E-state index in [9.17, 15) is 4.79 Å². The monoisotopic (exact) mass is 370 g/mol. The molecule has 0 bridgehead atoms. The van der Waals surface area contributed by atoms with Crippen LogP contribution >= 0.6 is 0 Å². The highest BCUT2D eigenvalue weighted by Crippen LogP contribution is 2.38. The van der Waals surface area contributed by atoms with Crippen molar-refractivity contribution in [3.05, 3.63) is 72.2 Å². The third-order valence-electron chi connectivity index (χ3n) is 5.81. The number of fused-ring (bicyclic) bond motifs is 3. The van der Waals surface area contributed by atoms with Gasteiger partial charge in [-0.2, -0.15) is 0 Å². The normalized spacial score (nSPS) is 15.8. The molecule has 0 radical (unpaired) electrons. The molecule has 28 heavy (non-hydrogen) atoms. The van der Waals surface area contributed by atoms with Crippen LogP contribution in [0.4, 0.5) is 11.5 Å². The molecular weight excluding hydrogens is 348 g/mol. The largest absolute Gasteiger partial charge is 0.355 e. The van der Waals surface area contributed by atoms with Crippen LogP contribution in [0.2, 0.25) is 0 Å². The van der Waals surface area contributed by atoms with Crippen LogP contribution in [0.5, 0.6) is 0 Å². The lowest BCUT2D eigenvalue weighted by Crippen LogP contribution is -2.38. The van der Waals surface area contributed by atoms with Gasteiger partial charge in [0.15, 0.2) is 0 Å². The Bertz CT molecular complexity index is 1010. The van der Waals surface area contributed by atoms with Crippen LogP contribution in [0.1, 0.15) is 24.0 Å². The predicted octanol–water partition coefficient (Wildman–Crippen LogP) is 3.90. The first-order valence-corrected chi connectivity index (χ1v) is 9.81. The molecule has 0 saturated carbocycles. The topological polar surface area (TPSA) is 58.1 Å². The molecule has 1 saturated heterocycles. The van der Waals surface area contributed by atoms with Crippen molar-refractivity contribution >= 4 is 17.4 Å². The smallest absolute Gasteiger partial charge is 0.227 e. The zero-order valence-electron chi connectivity index (χ0n) is 15.6. The molecule has 140 valence electrons. The summed E-state index contributed by atoms with van der Waals surface area (Å²) in [7, 11) is 0. The second kappa shape index (κ2) is 7.08. The molecule has 5 rings (SSSR count). The fourth-order valence-electron chi connectivity index (χ4n) is 4.27. The lowest BCUT2D eigenvalue weighted by atomic mass is 9.95. The first-order valence-electron chi connectivity index (χ1n) is 9.81. The van der Waals surface area contributed by atoms with Gasteiger partial charge in [0, 0.05) is 37.1 Å². The molecule has 1 aliphatic heterocycles. The highest BCUT2D eigenvalue weighted by Gasteiger charge is 2.26. The molecule has 0 spiro atoms. The number of carbonyl (C=O) groups is 1. The molecule has 5 heteroatoms. The molecule has 1 aromatic heterocycles. The average Bonchev–Trinajstić information content (AvgIpc) is 3.12. The third-order valence-corrected chi connectivity index (χ3v) is 5.81. The van der Waals surface area contributed by atoms with E-state index in [1.807, 2.05) is 6.07 Å². The van der Waals surface area contributed by atoms with Crippen molar-refractivity contribution in [2.75, 3.05) is 23.3 Å². The van der Waals surface area contributed by atoms with Gasteiger partial charge in [0.1, 0.15) is 5.82 Å². The number of amides is 1. The molecule has 2 aromatic carbocycles. The fraction of sp³-hybridized carbons (Fsp3) is 0.261. The second-order valence-electron chi connectivity index (χ2n) is 7.52. The zero-order chi connectivity index (χ0) is 18.9. The Balaban J connectivity index is 1.25. The molecule has 3 aromatic rings. The lowest BCUT2D eigenvalue weighted by molar-refractivity contribution is -0.120. The van der Waals surface area contributed by atoms with E-state index >= 15 is 0 Å². The number of nitrogens with one attached hydrogen (secondary N) is 1. The molecule has 2 heterocycles. The van der Waals surface area contributed by atoms with Crippen LogP contribution in [0.15, 0.2) is 61.1 Å². The summed E-state index contributed by atoms with van der Waals surface area (Å²) in [6.07, 6.45) is 7.80. The maximum absolute atomic E-state index is 12.8. The van der Waals surface area contributed by atoms with Gasteiger partial charge < -0.3 is 10.2 Å². The molecule has 2 aliphatic rings. The van der Waals surface area contributed by atoms with Crippen molar-refractivity contribution in [3.63, 3.8) is 0 Å². The highest BCUT2D eigenvalue weighted by atomic mass is 16.1. The van der Waals surface area contributed by atoms with Crippen molar-refractivity contribution in [2.45, 2.75) is 19.3 Å².